The molecule has 0 aromatic heterocycles. The van der Waals surface area contributed by atoms with Gasteiger partial charge in [0.05, 0.1) is 5.56 Å². The van der Waals surface area contributed by atoms with Crippen LogP contribution in [0.3, 0.4) is 0 Å². The quantitative estimate of drug-likeness (QED) is 0.692. The Morgan fingerprint density at radius 2 is 1.71 bits per heavy atom. The van der Waals surface area contributed by atoms with Crippen LogP contribution in [0.1, 0.15) is 23.7 Å². The molecule has 1 atom stereocenters. The zero-order valence-corrected chi connectivity index (χ0v) is 13.5. The fourth-order valence-electron chi connectivity index (χ4n) is 2.26. The number of ether oxygens (including phenoxy) is 1. The van der Waals surface area contributed by atoms with Gasteiger partial charge in [0.2, 0.25) is 0 Å². The third-order valence-corrected chi connectivity index (χ3v) is 3.52. The van der Waals surface area contributed by atoms with Crippen LogP contribution in [0, 0.1) is 5.82 Å². The van der Waals surface area contributed by atoms with Crippen LogP contribution in [0.15, 0.2) is 48.5 Å². The molecular formula is C18H19F4NO. The first kappa shape index (κ1) is 18.3. The average Bonchev–Trinajstić information content (AvgIpc) is 2.51. The minimum absolute atomic E-state index is 0.316. The van der Waals surface area contributed by atoms with Crippen molar-refractivity contribution in [3.63, 3.8) is 0 Å². The first-order valence-electron chi connectivity index (χ1n) is 7.50. The van der Waals surface area contributed by atoms with Gasteiger partial charge in [-0.25, -0.2) is 4.39 Å². The van der Waals surface area contributed by atoms with Crippen LogP contribution < -0.4 is 4.74 Å². The van der Waals surface area contributed by atoms with E-state index in [2.05, 4.69) is 0 Å². The van der Waals surface area contributed by atoms with E-state index in [4.69, 9.17) is 4.74 Å². The Hall–Kier alpha value is -2.08. The molecule has 0 N–H and O–H groups in total. The van der Waals surface area contributed by atoms with Gasteiger partial charge in [-0.05, 0) is 56.1 Å². The number of rotatable bonds is 6. The first-order valence-corrected chi connectivity index (χ1v) is 7.50. The SMILES string of the molecule is CN(C)CCC(Oc1ccc(C(F)(F)F)cc1)c1cccc(F)c1. The molecule has 2 aromatic carbocycles. The maximum atomic E-state index is 13.5. The van der Waals surface area contributed by atoms with Gasteiger partial charge in [0.1, 0.15) is 17.7 Å². The van der Waals surface area contributed by atoms with E-state index in [-0.39, 0.29) is 5.82 Å². The van der Waals surface area contributed by atoms with Crippen LogP contribution in [0.2, 0.25) is 0 Å². The third kappa shape index (κ3) is 5.23. The lowest BCUT2D eigenvalue weighted by Crippen LogP contribution is -2.19. The van der Waals surface area contributed by atoms with Crippen LogP contribution in [0.5, 0.6) is 5.75 Å². The van der Waals surface area contributed by atoms with Gasteiger partial charge in [-0.2, -0.15) is 13.2 Å². The Balaban J connectivity index is 2.18. The highest BCUT2D eigenvalue weighted by Crippen LogP contribution is 2.32. The smallest absolute Gasteiger partial charge is 0.416 e. The molecule has 0 aliphatic heterocycles. The van der Waals surface area contributed by atoms with Crippen LogP contribution in [-0.4, -0.2) is 25.5 Å². The summed E-state index contributed by atoms with van der Waals surface area (Å²) in [5, 5.41) is 0. The van der Waals surface area contributed by atoms with E-state index >= 15 is 0 Å². The summed E-state index contributed by atoms with van der Waals surface area (Å²) in [6.45, 7) is 0.696. The van der Waals surface area contributed by atoms with Crippen molar-refractivity contribution in [1.82, 2.24) is 4.90 Å². The van der Waals surface area contributed by atoms with Crippen molar-refractivity contribution in [3.8, 4) is 5.75 Å². The van der Waals surface area contributed by atoms with Gasteiger partial charge in [0.15, 0.2) is 0 Å². The van der Waals surface area contributed by atoms with Gasteiger partial charge >= 0.3 is 6.18 Å². The Labute approximate surface area is 138 Å². The minimum atomic E-state index is -4.38. The van der Waals surface area contributed by atoms with Crippen molar-refractivity contribution in [2.24, 2.45) is 0 Å². The Bertz CT molecular complexity index is 653. The van der Waals surface area contributed by atoms with Crippen LogP contribution >= 0.6 is 0 Å². The number of hydrogen-bond donors (Lipinski definition) is 0. The van der Waals surface area contributed by atoms with Crippen LogP contribution in [0.4, 0.5) is 17.6 Å². The van der Waals surface area contributed by atoms with Gasteiger partial charge in [0.25, 0.3) is 0 Å². The van der Waals surface area contributed by atoms with Gasteiger partial charge in [0, 0.05) is 13.0 Å². The largest absolute Gasteiger partial charge is 0.486 e. The average molecular weight is 341 g/mol. The van der Waals surface area contributed by atoms with Gasteiger partial charge < -0.3 is 9.64 Å². The van der Waals surface area contributed by atoms with Crippen LogP contribution in [0.25, 0.3) is 0 Å². The van der Waals surface area contributed by atoms with Gasteiger partial charge in [-0.1, -0.05) is 12.1 Å². The number of hydrogen-bond acceptors (Lipinski definition) is 2. The number of halogens is 4. The highest BCUT2D eigenvalue weighted by molar-refractivity contribution is 5.30. The van der Waals surface area contributed by atoms with E-state index in [0.29, 0.717) is 24.3 Å². The normalized spacial score (nSPS) is 13.1. The molecule has 6 heteroatoms. The molecule has 2 aromatic rings. The molecule has 0 spiro atoms. The van der Waals surface area contributed by atoms with E-state index in [9.17, 15) is 17.6 Å². The number of benzene rings is 2. The van der Waals surface area contributed by atoms with Crippen molar-refractivity contribution >= 4 is 0 Å². The van der Waals surface area contributed by atoms with Crippen molar-refractivity contribution < 1.29 is 22.3 Å². The lowest BCUT2D eigenvalue weighted by atomic mass is 10.1. The predicted octanol–water partition coefficient (Wildman–Crippen LogP) is 4.92. The minimum Gasteiger partial charge on any atom is -0.486 e. The molecule has 0 radical (unpaired) electrons. The summed E-state index contributed by atoms with van der Waals surface area (Å²) in [4.78, 5) is 1.96. The molecule has 0 aliphatic rings. The molecule has 130 valence electrons. The Morgan fingerprint density at radius 1 is 1.04 bits per heavy atom. The molecule has 0 fully saturated rings. The van der Waals surface area contributed by atoms with Crippen molar-refractivity contribution in [2.45, 2.75) is 18.7 Å². The molecule has 0 aliphatic carbocycles. The molecule has 0 amide bonds. The summed E-state index contributed by atoms with van der Waals surface area (Å²) < 4.78 is 57.1. The molecule has 0 bridgehead atoms. The fourth-order valence-corrected chi connectivity index (χ4v) is 2.26. The summed E-state index contributed by atoms with van der Waals surface area (Å²) >= 11 is 0. The van der Waals surface area contributed by atoms with Gasteiger partial charge in [-0.15, -0.1) is 0 Å². The second kappa shape index (κ2) is 7.66. The highest BCUT2D eigenvalue weighted by Gasteiger charge is 2.30. The maximum Gasteiger partial charge on any atom is 0.416 e. The topological polar surface area (TPSA) is 12.5 Å². The monoisotopic (exact) mass is 341 g/mol. The van der Waals surface area contributed by atoms with E-state index in [1.807, 2.05) is 19.0 Å². The van der Waals surface area contributed by atoms with E-state index in [1.165, 1.54) is 24.3 Å². The number of nitrogens with zero attached hydrogens (tertiary/aromatic N) is 1. The van der Waals surface area contributed by atoms with Crippen LogP contribution in [-0.2, 0) is 6.18 Å². The third-order valence-electron chi connectivity index (χ3n) is 3.52. The van der Waals surface area contributed by atoms with E-state index in [1.54, 1.807) is 12.1 Å². The van der Waals surface area contributed by atoms with Crippen molar-refractivity contribution in [2.75, 3.05) is 20.6 Å². The summed E-state index contributed by atoms with van der Waals surface area (Å²) in [6, 6.07) is 10.6. The summed E-state index contributed by atoms with van der Waals surface area (Å²) in [5.41, 5.74) is -0.0813. The Kier molecular flexibility index (Phi) is 5.83. The molecular weight excluding hydrogens is 322 g/mol. The lowest BCUT2D eigenvalue weighted by molar-refractivity contribution is -0.137. The zero-order valence-electron chi connectivity index (χ0n) is 13.5. The molecule has 0 saturated heterocycles. The number of alkyl halides is 3. The Morgan fingerprint density at radius 3 is 2.25 bits per heavy atom. The second-order valence-electron chi connectivity index (χ2n) is 5.78. The molecule has 0 heterocycles. The molecule has 0 saturated carbocycles. The summed E-state index contributed by atoms with van der Waals surface area (Å²) in [6.07, 6.45) is -4.25. The van der Waals surface area contributed by atoms with Crippen molar-refractivity contribution in [3.05, 3.63) is 65.5 Å². The van der Waals surface area contributed by atoms with E-state index < -0.39 is 17.8 Å². The second-order valence-corrected chi connectivity index (χ2v) is 5.78. The summed E-state index contributed by atoms with van der Waals surface area (Å²) in [7, 11) is 3.81. The molecule has 24 heavy (non-hydrogen) atoms. The zero-order chi connectivity index (χ0) is 17.7. The maximum absolute atomic E-state index is 13.5. The highest BCUT2D eigenvalue weighted by atomic mass is 19.4. The fraction of sp³-hybridized carbons (Fsp3) is 0.333. The van der Waals surface area contributed by atoms with Crippen molar-refractivity contribution in [1.29, 1.82) is 0 Å². The predicted molar refractivity (Wildman–Crippen MR) is 84.4 cm³/mol. The standard InChI is InChI=1S/C18H19F4NO/c1-23(2)11-10-17(13-4-3-5-15(19)12-13)24-16-8-6-14(7-9-16)18(20,21)22/h3-9,12,17H,10-11H2,1-2H3. The molecule has 1 unspecified atom stereocenters. The lowest BCUT2D eigenvalue weighted by Gasteiger charge is -2.22. The summed E-state index contributed by atoms with van der Waals surface area (Å²) in [5.74, 6) is -0.0608. The van der Waals surface area contributed by atoms with Gasteiger partial charge in [-0.3, -0.25) is 0 Å². The van der Waals surface area contributed by atoms with E-state index in [0.717, 1.165) is 12.1 Å². The molecule has 2 rings (SSSR count). The first-order chi connectivity index (χ1) is 11.3. The molecule has 2 nitrogen and oxygen atoms in total.